The number of benzene rings is 1. The number of aromatic nitrogens is 1. The molecule has 1 aliphatic heterocycles. The molecule has 3 N–H and O–H groups in total. The van der Waals surface area contributed by atoms with Gasteiger partial charge in [0, 0.05) is 49.0 Å². The average Bonchev–Trinajstić information content (AvgIpc) is 3.12. The summed E-state index contributed by atoms with van der Waals surface area (Å²) < 4.78 is 10.7. The maximum Gasteiger partial charge on any atom is 0.413 e. The van der Waals surface area contributed by atoms with Crippen LogP contribution in [0.3, 0.4) is 0 Å². The predicted octanol–water partition coefficient (Wildman–Crippen LogP) is 6.35. The maximum absolute atomic E-state index is 13.6. The molecule has 1 aromatic carbocycles. The smallest absolute Gasteiger partial charge is 0.413 e. The number of nitrogens with zero attached hydrogens (tertiary/aromatic N) is 3. The molecule has 0 saturated heterocycles. The second-order valence-corrected chi connectivity index (χ2v) is 13.0. The molecule has 1 aromatic heterocycles. The predicted molar refractivity (Wildman–Crippen MR) is 178 cm³/mol. The van der Waals surface area contributed by atoms with Gasteiger partial charge < -0.3 is 19.7 Å². The Kier molecular flexibility index (Phi) is 12.0. The highest BCUT2D eigenvalue weighted by Gasteiger charge is 2.25. The van der Waals surface area contributed by atoms with E-state index in [9.17, 15) is 19.2 Å². The molecule has 0 radical (unpaired) electrons. The normalized spacial score (nSPS) is 12.9. The van der Waals surface area contributed by atoms with Crippen molar-refractivity contribution < 1.29 is 28.7 Å². The fourth-order valence-corrected chi connectivity index (χ4v) is 4.56. The number of aliphatic imine (C=N–C) groups is 1. The Morgan fingerprint density at radius 3 is 2.11 bits per heavy atom. The lowest BCUT2D eigenvalue weighted by Gasteiger charge is -2.23. The van der Waals surface area contributed by atoms with Gasteiger partial charge in [0.1, 0.15) is 17.0 Å². The van der Waals surface area contributed by atoms with Crippen LogP contribution in [-0.2, 0) is 20.8 Å². The fraction of sp³-hybridized carbons (Fsp3) is 0.471. The van der Waals surface area contributed by atoms with E-state index in [2.05, 4.69) is 25.9 Å². The summed E-state index contributed by atoms with van der Waals surface area (Å²) in [6, 6.07) is 6.69. The van der Waals surface area contributed by atoms with Crippen LogP contribution in [0.5, 0.6) is 0 Å². The van der Waals surface area contributed by atoms with Crippen molar-refractivity contribution >= 4 is 47.3 Å². The van der Waals surface area contributed by atoms with Gasteiger partial charge >= 0.3 is 12.2 Å². The van der Waals surface area contributed by atoms with E-state index in [0.717, 1.165) is 12.8 Å². The van der Waals surface area contributed by atoms with Crippen LogP contribution in [0, 0.1) is 0 Å². The van der Waals surface area contributed by atoms with E-state index < -0.39 is 23.4 Å². The first-order chi connectivity index (χ1) is 21.6. The number of rotatable bonds is 9. The first-order valence-corrected chi connectivity index (χ1v) is 15.5. The third kappa shape index (κ3) is 11.3. The number of carbonyl (C=O) groups is 4. The van der Waals surface area contributed by atoms with Gasteiger partial charge in [0.25, 0.3) is 5.91 Å². The van der Waals surface area contributed by atoms with E-state index >= 15 is 0 Å². The molecule has 0 spiro atoms. The molecule has 3 rings (SSSR count). The second kappa shape index (κ2) is 15.5. The largest absolute Gasteiger partial charge is 0.444 e. The monoisotopic (exact) mass is 634 g/mol. The zero-order valence-electron chi connectivity index (χ0n) is 28.1. The molecular weight excluding hydrogens is 588 g/mol. The first kappa shape index (κ1) is 35.7. The number of pyridine rings is 1. The lowest BCUT2D eigenvalue weighted by molar-refractivity contribution is -0.127. The van der Waals surface area contributed by atoms with Crippen LogP contribution in [0.2, 0.25) is 0 Å². The Labute approximate surface area is 271 Å². The van der Waals surface area contributed by atoms with Crippen molar-refractivity contribution in [2.45, 2.75) is 92.4 Å². The number of anilines is 1. The molecule has 46 heavy (non-hydrogen) atoms. The lowest BCUT2D eigenvalue weighted by Crippen LogP contribution is -2.38. The van der Waals surface area contributed by atoms with Gasteiger partial charge in [-0.25, -0.2) is 14.6 Å². The molecule has 12 heteroatoms. The SMILES string of the molecule is CCCN(CCC)C(=O)C1=Cc2ccc(C(=O)NCc3cncc(NC(=O)OC(C)(C)C)c3)cc2N=C(NC(=O)OC(C)(C)C)C1. The molecule has 248 valence electrons. The van der Waals surface area contributed by atoms with Crippen molar-refractivity contribution in [2.24, 2.45) is 4.99 Å². The van der Waals surface area contributed by atoms with Gasteiger partial charge in [0.15, 0.2) is 0 Å². The van der Waals surface area contributed by atoms with Crippen LogP contribution in [0.25, 0.3) is 6.08 Å². The number of carbonyl (C=O) groups excluding carboxylic acids is 4. The summed E-state index contributed by atoms with van der Waals surface area (Å²) in [6.45, 7) is 16.0. The summed E-state index contributed by atoms with van der Waals surface area (Å²) in [4.78, 5) is 62.2. The van der Waals surface area contributed by atoms with Crippen molar-refractivity contribution in [3.63, 3.8) is 0 Å². The Morgan fingerprint density at radius 2 is 1.50 bits per heavy atom. The summed E-state index contributed by atoms with van der Waals surface area (Å²) in [5.74, 6) is -0.265. The van der Waals surface area contributed by atoms with Crippen molar-refractivity contribution in [2.75, 3.05) is 18.4 Å². The maximum atomic E-state index is 13.6. The van der Waals surface area contributed by atoms with Crippen molar-refractivity contribution in [3.05, 3.63) is 58.9 Å². The summed E-state index contributed by atoms with van der Waals surface area (Å²) in [7, 11) is 0. The minimum atomic E-state index is -0.729. The molecule has 1 aliphatic rings. The van der Waals surface area contributed by atoms with Gasteiger partial charge in [-0.05, 0) is 84.2 Å². The number of alkyl carbamates (subject to hydrolysis) is 1. The summed E-state index contributed by atoms with van der Waals surface area (Å²) >= 11 is 0. The molecule has 4 amide bonds. The van der Waals surface area contributed by atoms with Crippen molar-refractivity contribution in [3.8, 4) is 0 Å². The Bertz CT molecular complexity index is 1500. The van der Waals surface area contributed by atoms with Crippen molar-refractivity contribution in [1.29, 1.82) is 0 Å². The molecule has 0 bridgehead atoms. The second-order valence-electron chi connectivity index (χ2n) is 13.0. The minimum Gasteiger partial charge on any atom is -0.444 e. The highest BCUT2D eigenvalue weighted by atomic mass is 16.6. The number of fused-ring (bicyclic) bond motifs is 1. The molecule has 2 aromatic rings. The molecular formula is C34H46N6O6. The third-order valence-electron chi connectivity index (χ3n) is 6.32. The summed E-state index contributed by atoms with van der Waals surface area (Å²) in [6.07, 6.45) is 5.24. The Balaban J connectivity index is 1.84. The van der Waals surface area contributed by atoms with E-state index in [-0.39, 0.29) is 30.6 Å². The number of hydrogen-bond acceptors (Lipinski definition) is 8. The van der Waals surface area contributed by atoms with Gasteiger partial charge in [-0.3, -0.25) is 25.2 Å². The zero-order valence-corrected chi connectivity index (χ0v) is 28.1. The van der Waals surface area contributed by atoms with Gasteiger partial charge in [0.05, 0.1) is 17.6 Å². The average molecular weight is 635 g/mol. The van der Waals surface area contributed by atoms with Crippen LogP contribution in [-0.4, -0.2) is 64.0 Å². The first-order valence-electron chi connectivity index (χ1n) is 15.5. The van der Waals surface area contributed by atoms with Gasteiger partial charge in [-0.2, -0.15) is 0 Å². The van der Waals surface area contributed by atoms with E-state index in [0.29, 0.717) is 46.7 Å². The van der Waals surface area contributed by atoms with E-state index in [1.54, 1.807) is 83.0 Å². The standard InChI is InChI=1S/C34H46N6O6/c1-9-13-40(14-10-2)30(42)25-16-23-11-12-24(17-27(23)38-28(18-25)39-32(44)46-34(6,7)8)29(41)36-20-22-15-26(21-35-19-22)37-31(43)45-33(3,4)5/h11-12,15-17,19,21H,9-10,13-14,18,20H2,1-8H3,(H,36,41)(H,37,43)(H,38,39,44). The van der Waals surface area contributed by atoms with Crippen LogP contribution in [0.4, 0.5) is 21.0 Å². The highest BCUT2D eigenvalue weighted by Crippen LogP contribution is 2.29. The molecule has 12 nitrogen and oxygen atoms in total. The Hall–Kier alpha value is -4.74. The molecule has 0 unspecified atom stereocenters. The summed E-state index contributed by atoms with van der Waals surface area (Å²) in [5.41, 5.74) is 1.57. The van der Waals surface area contributed by atoms with E-state index in [4.69, 9.17) is 9.47 Å². The zero-order chi connectivity index (χ0) is 34.1. The number of amides is 4. The number of amidine groups is 1. The minimum absolute atomic E-state index is 0.0822. The number of nitrogens with one attached hydrogen (secondary N) is 3. The van der Waals surface area contributed by atoms with Crippen LogP contribution >= 0.6 is 0 Å². The van der Waals surface area contributed by atoms with E-state index in [1.165, 1.54) is 6.20 Å². The topological polar surface area (TPSA) is 151 Å². The molecule has 0 fully saturated rings. The lowest BCUT2D eigenvalue weighted by atomic mass is 10.0. The molecule has 0 atom stereocenters. The quantitative estimate of drug-likeness (QED) is 0.291. The highest BCUT2D eigenvalue weighted by molar-refractivity contribution is 6.09. The van der Waals surface area contributed by atoms with Gasteiger partial charge in [-0.15, -0.1) is 0 Å². The molecule has 0 saturated carbocycles. The Morgan fingerprint density at radius 1 is 0.870 bits per heavy atom. The summed E-state index contributed by atoms with van der Waals surface area (Å²) in [5, 5.41) is 8.20. The molecule has 2 heterocycles. The number of ether oxygens (including phenoxy) is 2. The van der Waals surface area contributed by atoms with Crippen LogP contribution < -0.4 is 16.0 Å². The van der Waals surface area contributed by atoms with Gasteiger partial charge in [0.2, 0.25) is 5.91 Å². The van der Waals surface area contributed by atoms with Crippen molar-refractivity contribution in [1.82, 2.24) is 20.5 Å². The van der Waals surface area contributed by atoms with Crippen LogP contribution in [0.1, 0.15) is 96.1 Å². The third-order valence-corrected chi connectivity index (χ3v) is 6.32. The number of hydrogen-bond donors (Lipinski definition) is 3. The van der Waals surface area contributed by atoms with Crippen LogP contribution in [0.15, 0.2) is 47.2 Å². The van der Waals surface area contributed by atoms with E-state index in [1.807, 2.05) is 13.8 Å². The van der Waals surface area contributed by atoms with Gasteiger partial charge in [-0.1, -0.05) is 19.9 Å². The fourth-order valence-electron chi connectivity index (χ4n) is 4.56. The molecule has 0 aliphatic carbocycles.